The van der Waals surface area contributed by atoms with Crippen LogP contribution in [-0.2, 0) is 4.79 Å². The molecule has 114 valence electrons. The number of anilines is 1. The molecule has 1 aromatic carbocycles. The Balaban J connectivity index is 2.90. The molecule has 8 heteroatoms. The number of benzene rings is 1. The Hall–Kier alpha value is -2.22. The molecule has 21 heavy (non-hydrogen) atoms. The van der Waals surface area contributed by atoms with Crippen molar-refractivity contribution in [3.05, 3.63) is 28.3 Å². The van der Waals surface area contributed by atoms with Gasteiger partial charge in [0, 0.05) is 5.41 Å². The van der Waals surface area contributed by atoms with E-state index in [2.05, 4.69) is 10.6 Å². The number of hydrogen-bond acceptors (Lipinski definition) is 5. The van der Waals surface area contributed by atoms with Crippen LogP contribution in [0.1, 0.15) is 20.8 Å². The van der Waals surface area contributed by atoms with Gasteiger partial charge in [-0.25, -0.2) is 0 Å². The van der Waals surface area contributed by atoms with E-state index in [9.17, 15) is 14.9 Å². The molecule has 0 aliphatic carbocycles. The summed E-state index contributed by atoms with van der Waals surface area (Å²) >= 11 is 4.99. The average Bonchev–Trinajstić information content (AvgIpc) is 2.37. The third-order valence-electron chi connectivity index (χ3n) is 2.56. The van der Waals surface area contributed by atoms with Crippen LogP contribution in [-0.4, -0.2) is 23.1 Å². The van der Waals surface area contributed by atoms with Crippen molar-refractivity contribution in [3.8, 4) is 5.75 Å². The second-order valence-corrected chi connectivity index (χ2v) is 5.71. The molecule has 0 heterocycles. The number of ether oxygens (including phenoxy) is 1. The molecule has 0 atom stereocenters. The summed E-state index contributed by atoms with van der Waals surface area (Å²) in [5.41, 5.74) is -0.626. The highest BCUT2D eigenvalue weighted by Gasteiger charge is 2.23. The summed E-state index contributed by atoms with van der Waals surface area (Å²) < 4.78 is 4.94. The molecule has 0 aliphatic rings. The standard InChI is InChI=1S/C13H17N3O4S/c1-13(2,3)11(17)15-12(21)14-9-6-5-8(20-4)7-10(9)16(18)19/h5-7H,1-4H3,(H2,14,15,17,21). The van der Waals surface area contributed by atoms with E-state index in [1.807, 2.05) is 0 Å². The SMILES string of the molecule is COc1ccc(NC(=S)NC(=O)C(C)(C)C)c([N+](=O)[O-])c1. The topological polar surface area (TPSA) is 93.5 Å². The van der Waals surface area contributed by atoms with E-state index in [1.54, 1.807) is 26.8 Å². The number of nitrogens with zero attached hydrogens (tertiary/aromatic N) is 1. The van der Waals surface area contributed by atoms with Gasteiger partial charge in [0.15, 0.2) is 5.11 Å². The summed E-state index contributed by atoms with van der Waals surface area (Å²) in [5, 5.41) is 16.2. The van der Waals surface area contributed by atoms with Gasteiger partial charge in [0.05, 0.1) is 18.1 Å². The maximum atomic E-state index is 11.8. The average molecular weight is 311 g/mol. The molecule has 0 unspecified atom stereocenters. The Kier molecular flexibility index (Phi) is 5.20. The summed E-state index contributed by atoms with van der Waals surface area (Å²) in [7, 11) is 1.42. The maximum Gasteiger partial charge on any atom is 0.296 e. The highest BCUT2D eigenvalue weighted by Crippen LogP contribution is 2.28. The molecule has 0 fully saturated rings. The third kappa shape index (κ3) is 4.67. The van der Waals surface area contributed by atoms with Crippen molar-refractivity contribution in [2.24, 2.45) is 5.41 Å². The molecule has 1 amide bonds. The van der Waals surface area contributed by atoms with Crippen LogP contribution >= 0.6 is 12.2 Å². The molecule has 0 saturated heterocycles. The minimum Gasteiger partial charge on any atom is -0.496 e. The molecule has 0 aromatic heterocycles. The predicted molar refractivity (Wildman–Crippen MR) is 83.5 cm³/mol. The quantitative estimate of drug-likeness (QED) is 0.506. The number of thiocarbonyl (C=S) groups is 1. The van der Waals surface area contributed by atoms with Gasteiger partial charge >= 0.3 is 0 Å². The van der Waals surface area contributed by atoms with Crippen molar-refractivity contribution >= 4 is 34.6 Å². The van der Waals surface area contributed by atoms with Crippen LogP contribution in [0.25, 0.3) is 0 Å². The van der Waals surface area contributed by atoms with Crippen molar-refractivity contribution in [2.45, 2.75) is 20.8 Å². The number of hydrogen-bond donors (Lipinski definition) is 2. The van der Waals surface area contributed by atoms with Crippen LogP contribution in [0, 0.1) is 15.5 Å². The number of methoxy groups -OCH3 is 1. The van der Waals surface area contributed by atoms with Crippen LogP contribution in [0.15, 0.2) is 18.2 Å². The lowest BCUT2D eigenvalue weighted by Gasteiger charge is -2.18. The van der Waals surface area contributed by atoms with Gasteiger partial charge in [-0.05, 0) is 24.4 Å². The zero-order valence-electron chi connectivity index (χ0n) is 12.2. The molecule has 0 bridgehead atoms. The van der Waals surface area contributed by atoms with E-state index in [0.29, 0.717) is 5.75 Å². The summed E-state index contributed by atoms with van der Waals surface area (Å²) in [4.78, 5) is 22.3. The Bertz CT molecular complexity index is 581. The summed E-state index contributed by atoms with van der Waals surface area (Å²) in [6.07, 6.45) is 0. The second-order valence-electron chi connectivity index (χ2n) is 5.30. The van der Waals surface area contributed by atoms with Gasteiger partial charge in [-0.1, -0.05) is 20.8 Å². The van der Waals surface area contributed by atoms with Gasteiger partial charge in [-0.2, -0.15) is 0 Å². The lowest BCUT2D eigenvalue weighted by atomic mass is 9.96. The number of nitro groups is 1. The van der Waals surface area contributed by atoms with Gasteiger partial charge in [0.25, 0.3) is 5.69 Å². The first kappa shape index (κ1) is 16.8. The fourth-order valence-corrected chi connectivity index (χ4v) is 1.54. The van der Waals surface area contributed by atoms with Gasteiger partial charge in [0.1, 0.15) is 11.4 Å². The van der Waals surface area contributed by atoms with Gasteiger partial charge in [-0.3, -0.25) is 14.9 Å². The Morgan fingerprint density at radius 3 is 2.48 bits per heavy atom. The second kappa shape index (κ2) is 6.49. The first-order valence-corrected chi connectivity index (χ1v) is 6.51. The Morgan fingerprint density at radius 1 is 1.38 bits per heavy atom. The Morgan fingerprint density at radius 2 is 2.00 bits per heavy atom. The molecule has 0 aliphatic heterocycles. The molecule has 1 rings (SSSR count). The number of amides is 1. The Labute approximate surface area is 127 Å². The van der Waals surface area contributed by atoms with Crippen molar-refractivity contribution in [3.63, 3.8) is 0 Å². The van der Waals surface area contributed by atoms with E-state index < -0.39 is 10.3 Å². The first-order chi connectivity index (χ1) is 9.65. The molecular formula is C13H17N3O4S. The van der Waals surface area contributed by atoms with E-state index in [-0.39, 0.29) is 22.4 Å². The smallest absolute Gasteiger partial charge is 0.296 e. The molecule has 0 radical (unpaired) electrons. The van der Waals surface area contributed by atoms with Gasteiger partial charge in [-0.15, -0.1) is 0 Å². The fraction of sp³-hybridized carbons (Fsp3) is 0.385. The van der Waals surface area contributed by atoms with Crippen molar-refractivity contribution in [1.82, 2.24) is 5.32 Å². The van der Waals surface area contributed by atoms with Crippen LogP contribution in [0.3, 0.4) is 0 Å². The summed E-state index contributed by atoms with van der Waals surface area (Å²) in [5.74, 6) is 0.0769. The third-order valence-corrected chi connectivity index (χ3v) is 2.76. The lowest BCUT2D eigenvalue weighted by Crippen LogP contribution is -2.41. The summed E-state index contributed by atoms with van der Waals surface area (Å²) in [6.45, 7) is 5.21. The lowest BCUT2D eigenvalue weighted by molar-refractivity contribution is -0.384. The highest BCUT2D eigenvalue weighted by molar-refractivity contribution is 7.80. The van der Waals surface area contributed by atoms with E-state index in [1.165, 1.54) is 19.2 Å². The minimum atomic E-state index is -0.614. The molecule has 2 N–H and O–H groups in total. The van der Waals surface area contributed by atoms with E-state index >= 15 is 0 Å². The number of nitro benzene ring substituents is 1. The fourth-order valence-electron chi connectivity index (χ4n) is 1.34. The molecular weight excluding hydrogens is 294 g/mol. The molecule has 0 saturated carbocycles. The predicted octanol–water partition coefficient (Wildman–Crippen LogP) is 2.46. The summed E-state index contributed by atoms with van der Waals surface area (Å²) in [6, 6.07) is 4.30. The molecule has 7 nitrogen and oxygen atoms in total. The van der Waals surface area contributed by atoms with Crippen LogP contribution in [0.2, 0.25) is 0 Å². The number of rotatable bonds is 3. The monoisotopic (exact) mass is 311 g/mol. The molecule has 0 spiro atoms. The van der Waals surface area contributed by atoms with Crippen molar-refractivity contribution in [1.29, 1.82) is 0 Å². The van der Waals surface area contributed by atoms with Crippen LogP contribution in [0.5, 0.6) is 5.75 Å². The van der Waals surface area contributed by atoms with Gasteiger partial charge in [0.2, 0.25) is 5.91 Å². The normalized spacial score (nSPS) is 10.7. The van der Waals surface area contributed by atoms with E-state index in [0.717, 1.165) is 0 Å². The first-order valence-electron chi connectivity index (χ1n) is 6.10. The highest BCUT2D eigenvalue weighted by atomic mass is 32.1. The number of nitrogens with one attached hydrogen (secondary N) is 2. The zero-order chi connectivity index (χ0) is 16.2. The molecule has 1 aromatic rings. The van der Waals surface area contributed by atoms with Gasteiger partial charge < -0.3 is 15.4 Å². The zero-order valence-corrected chi connectivity index (χ0v) is 13.0. The van der Waals surface area contributed by atoms with Crippen LogP contribution in [0.4, 0.5) is 11.4 Å². The largest absolute Gasteiger partial charge is 0.496 e. The maximum absolute atomic E-state index is 11.8. The van der Waals surface area contributed by atoms with Crippen molar-refractivity contribution < 1.29 is 14.5 Å². The van der Waals surface area contributed by atoms with Crippen molar-refractivity contribution in [2.75, 3.05) is 12.4 Å². The minimum absolute atomic E-state index is 0.00296. The number of carbonyl (C=O) groups excluding carboxylic acids is 1. The van der Waals surface area contributed by atoms with Crippen LogP contribution < -0.4 is 15.4 Å². The van der Waals surface area contributed by atoms with E-state index in [4.69, 9.17) is 17.0 Å². The number of carbonyl (C=O) groups is 1.